The standard InChI is InChI=1S/C14H20FN/c1-10(2)16-9-14(8-11(14)3)12-6-4-5-7-13(12)15/h4-7,10-11,16H,8-9H2,1-3H3. The summed E-state index contributed by atoms with van der Waals surface area (Å²) in [7, 11) is 0. The Bertz CT molecular complexity index is 375. The van der Waals surface area contributed by atoms with Gasteiger partial charge in [-0.25, -0.2) is 4.39 Å². The van der Waals surface area contributed by atoms with Gasteiger partial charge in [-0.05, 0) is 24.0 Å². The van der Waals surface area contributed by atoms with Crippen LogP contribution in [0.1, 0.15) is 32.8 Å². The van der Waals surface area contributed by atoms with Crippen LogP contribution in [0.25, 0.3) is 0 Å². The zero-order chi connectivity index (χ0) is 11.8. The van der Waals surface area contributed by atoms with E-state index in [-0.39, 0.29) is 11.2 Å². The number of halogens is 1. The topological polar surface area (TPSA) is 12.0 Å². The third-order valence-electron chi connectivity index (χ3n) is 3.69. The fourth-order valence-corrected chi connectivity index (χ4v) is 2.46. The Kier molecular flexibility index (Phi) is 3.02. The Labute approximate surface area is 97.1 Å². The Balaban J connectivity index is 2.20. The van der Waals surface area contributed by atoms with Gasteiger partial charge in [0.25, 0.3) is 0 Å². The van der Waals surface area contributed by atoms with Crippen LogP contribution in [0.2, 0.25) is 0 Å². The van der Waals surface area contributed by atoms with E-state index in [1.54, 1.807) is 12.1 Å². The fourth-order valence-electron chi connectivity index (χ4n) is 2.46. The van der Waals surface area contributed by atoms with Crippen molar-refractivity contribution in [2.45, 2.75) is 38.6 Å². The maximum absolute atomic E-state index is 13.8. The Morgan fingerprint density at radius 2 is 2.06 bits per heavy atom. The molecule has 0 aliphatic heterocycles. The largest absolute Gasteiger partial charge is 0.314 e. The zero-order valence-corrected chi connectivity index (χ0v) is 10.3. The lowest BCUT2D eigenvalue weighted by molar-refractivity contribution is 0.478. The zero-order valence-electron chi connectivity index (χ0n) is 10.3. The molecule has 0 amide bonds. The first-order valence-corrected chi connectivity index (χ1v) is 6.04. The van der Waals surface area contributed by atoms with Crippen LogP contribution in [-0.4, -0.2) is 12.6 Å². The maximum Gasteiger partial charge on any atom is 0.127 e. The second kappa shape index (κ2) is 4.17. The van der Waals surface area contributed by atoms with E-state index in [1.165, 1.54) is 0 Å². The quantitative estimate of drug-likeness (QED) is 0.823. The smallest absolute Gasteiger partial charge is 0.127 e. The lowest BCUT2D eigenvalue weighted by atomic mass is 9.92. The molecule has 1 aromatic carbocycles. The summed E-state index contributed by atoms with van der Waals surface area (Å²) < 4.78 is 13.8. The highest BCUT2D eigenvalue weighted by atomic mass is 19.1. The molecule has 2 heteroatoms. The second-order valence-electron chi connectivity index (χ2n) is 5.28. The molecule has 2 unspecified atom stereocenters. The van der Waals surface area contributed by atoms with Crippen molar-refractivity contribution in [1.29, 1.82) is 0 Å². The average molecular weight is 221 g/mol. The van der Waals surface area contributed by atoms with E-state index >= 15 is 0 Å². The molecule has 0 saturated heterocycles. The molecule has 88 valence electrons. The van der Waals surface area contributed by atoms with Gasteiger partial charge in [0.05, 0.1) is 0 Å². The monoisotopic (exact) mass is 221 g/mol. The minimum atomic E-state index is -0.0580. The van der Waals surface area contributed by atoms with Crippen molar-refractivity contribution < 1.29 is 4.39 Å². The molecule has 0 heterocycles. The van der Waals surface area contributed by atoms with Crippen molar-refractivity contribution in [3.05, 3.63) is 35.6 Å². The van der Waals surface area contributed by atoms with Gasteiger partial charge < -0.3 is 5.32 Å². The number of hydrogen-bond donors (Lipinski definition) is 1. The number of benzene rings is 1. The van der Waals surface area contributed by atoms with Crippen LogP contribution in [0.3, 0.4) is 0 Å². The summed E-state index contributed by atoms with van der Waals surface area (Å²) in [5, 5.41) is 3.44. The normalized spacial score (nSPS) is 28.4. The molecule has 1 N–H and O–H groups in total. The molecule has 2 rings (SSSR count). The first-order chi connectivity index (χ1) is 7.56. The molecule has 1 fully saturated rings. The molecule has 0 aromatic heterocycles. The summed E-state index contributed by atoms with van der Waals surface area (Å²) in [6.07, 6.45) is 1.09. The van der Waals surface area contributed by atoms with Gasteiger partial charge in [0.1, 0.15) is 5.82 Å². The average Bonchev–Trinajstić information content (AvgIpc) is 2.88. The fraction of sp³-hybridized carbons (Fsp3) is 0.571. The van der Waals surface area contributed by atoms with E-state index in [9.17, 15) is 4.39 Å². The second-order valence-corrected chi connectivity index (χ2v) is 5.28. The van der Waals surface area contributed by atoms with Gasteiger partial charge >= 0.3 is 0 Å². The first-order valence-electron chi connectivity index (χ1n) is 6.04. The Morgan fingerprint density at radius 3 is 2.56 bits per heavy atom. The highest BCUT2D eigenvalue weighted by molar-refractivity contribution is 5.35. The number of rotatable bonds is 4. The molecular formula is C14H20FN. The Hall–Kier alpha value is -0.890. The number of nitrogens with one attached hydrogen (secondary N) is 1. The van der Waals surface area contributed by atoms with Gasteiger partial charge in [0, 0.05) is 18.0 Å². The van der Waals surface area contributed by atoms with Gasteiger partial charge in [-0.1, -0.05) is 39.0 Å². The summed E-state index contributed by atoms with van der Waals surface area (Å²) in [5.41, 5.74) is 0.922. The van der Waals surface area contributed by atoms with E-state index in [2.05, 4.69) is 26.1 Å². The highest BCUT2D eigenvalue weighted by Gasteiger charge is 2.53. The third kappa shape index (κ3) is 1.99. The van der Waals surface area contributed by atoms with Crippen LogP contribution in [0.5, 0.6) is 0 Å². The van der Waals surface area contributed by atoms with Gasteiger partial charge in [-0.3, -0.25) is 0 Å². The van der Waals surface area contributed by atoms with Gasteiger partial charge in [0.2, 0.25) is 0 Å². The van der Waals surface area contributed by atoms with Crippen molar-refractivity contribution in [3.8, 4) is 0 Å². The molecule has 16 heavy (non-hydrogen) atoms. The van der Waals surface area contributed by atoms with Gasteiger partial charge in [-0.2, -0.15) is 0 Å². The minimum Gasteiger partial charge on any atom is -0.314 e. The maximum atomic E-state index is 13.8. The SMILES string of the molecule is CC(C)NCC1(c2ccccc2F)CC1C. The first kappa shape index (κ1) is 11.6. The molecule has 1 saturated carbocycles. The summed E-state index contributed by atoms with van der Waals surface area (Å²) in [4.78, 5) is 0. The van der Waals surface area contributed by atoms with Gasteiger partial charge in [0.15, 0.2) is 0 Å². The van der Waals surface area contributed by atoms with Crippen molar-refractivity contribution in [2.75, 3.05) is 6.54 Å². The van der Waals surface area contributed by atoms with E-state index in [1.807, 2.05) is 12.1 Å². The predicted molar refractivity (Wildman–Crippen MR) is 65.0 cm³/mol. The van der Waals surface area contributed by atoms with Crippen molar-refractivity contribution in [2.24, 2.45) is 5.92 Å². The summed E-state index contributed by atoms with van der Waals surface area (Å²) >= 11 is 0. The third-order valence-corrected chi connectivity index (χ3v) is 3.69. The van der Waals surface area contributed by atoms with Crippen LogP contribution < -0.4 is 5.32 Å². The van der Waals surface area contributed by atoms with Crippen LogP contribution in [0, 0.1) is 11.7 Å². The van der Waals surface area contributed by atoms with Crippen molar-refractivity contribution in [1.82, 2.24) is 5.32 Å². The number of hydrogen-bond acceptors (Lipinski definition) is 1. The molecule has 1 nitrogen and oxygen atoms in total. The van der Waals surface area contributed by atoms with Crippen LogP contribution >= 0.6 is 0 Å². The van der Waals surface area contributed by atoms with Gasteiger partial charge in [-0.15, -0.1) is 0 Å². The van der Waals surface area contributed by atoms with Crippen molar-refractivity contribution in [3.63, 3.8) is 0 Å². The lowest BCUT2D eigenvalue weighted by Crippen LogP contribution is -2.33. The molecular weight excluding hydrogens is 201 g/mol. The summed E-state index contributed by atoms with van der Waals surface area (Å²) in [6, 6.07) is 7.64. The van der Waals surface area contributed by atoms with E-state index in [4.69, 9.17) is 0 Å². The van der Waals surface area contributed by atoms with Crippen molar-refractivity contribution >= 4 is 0 Å². The molecule has 1 aromatic rings. The molecule has 0 bridgehead atoms. The predicted octanol–water partition coefficient (Wildman–Crippen LogP) is 3.10. The van der Waals surface area contributed by atoms with Crippen LogP contribution in [0.4, 0.5) is 4.39 Å². The minimum absolute atomic E-state index is 0.0373. The highest BCUT2D eigenvalue weighted by Crippen LogP contribution is 2.54. The molecule has 2 atom stereocenters. The van der Waals surface area contributed by atoms with E-state index in [0.717, 1.165) is 18.5 Å². The lowest BCUT2D eigenvalue weighted by Gasteiger charge is -2.20. The van der Waals surface area contributed by atoms with Crippen LogP contribution in [0.15, 0.2) is 24.3 Å². The molecule has 1 aliphatic carbocycles. The Morgan fingerprint density at radius 1 is 1.44 bits per heavy atom. The van der Waals surface area contributed by atoms with E-state index in [0.29, 0.717) is 12.0 Å². The molecule has 0 radical (unpaired) electrons. The molecule has 1 aliphatic rings. The molecule has 0 spiro atoms. The van der Waals surface area contributed by atoms with E-state index < -0.39 is 0 Å². The van der Waals surface area contributed by atoms with Crippen LogP contribution in [-0.2, 0) is 5.41 Å². The summed E-state index contributed by atoms with van der Waals surface area (Å²) in [6.45, 7) is 7.34. The summed E-state index contributed by atoms with van der Waals surface area (Å²) in [5.74, 6) is 0.521.